The molecule has 0 saturated heterocycles. The molecule has 0 aliphatic rings. The summed E-state index contributed by atoms with van der Waals surface area (Å²) in [5.41, 5.74) is 2.45. The van der Waals surface area contributed by atoms with E-state index in [9.17, 15) is 4.39 Å². The predicted octanol–water partition coefficient (Wildman–Crippen LogP) is 3.45. The quantitative estimate of drug-likeness (QED) is 0.897. The van der Waals surface area contributed by atoms with Crippen molar-refractivity contribution >= 4 is 0 Å². The molecule has 1 aromatic carbocycles. The number of benzene rings is 1. The Balaban J connectivity index is 2.03. The molecule has 20 heavy (non-hydrogen) atoms. The highest BCUT2D eigenvalue weighted by Gasteiger charge is 2.09. The van der Waals surface area contributed by atoms with E-state index in [2.05, 4.69) is 36.1 Å². The Kier molecular flexibility index (Phi) is 4.23. The van der Waals surface area contributed by atoms with Crippen LogP contribution in [-0.2, 0) is 6.42 Å². The molecule has 1 aromatic heterocycles. The molecule has 0 aliphatic carbocycles. The van der Waals surface area contributed by atoms with Gasteiger partial charge in [0.1, 0.15) is 11.6 Å². The van der Waals surface area contributed by atoms with Gasteiger partial charge in [0.05, 0.1) is 11.9 Å². The highest BCUT2D eigenvalue weighted by atomic mass is 19.1. The van der Waals surface area contributed by atoms with Gasteiger partial charge >= 0.3 is 0 Å². The van der Waals surface area contributed by atoms with Gasteiger partial charge in [0.15, 0.2) is 0 Å². The Labute approximate surface area is 119 Å². The number of imidazole rings is 1. The number of hydrogen-bond acceptors (Lipinski definition) is 2. The normalized spacial score (nSPS) is 11.8. The zero-order chi connectivity index (χ0) is 14.8. The van der Waals surface area contributed by atoms with E-state index in [1.165, 1.54) is 0 Å². The lowest BCUT2D eigenvalue weighted by molar-refractivity contribution is 0.427. The van der Waals surface area contributed by atoms with Crippen molar-refractivity contribution in [2.75, 3.05) is 6.54 Å². The van der Waals surface area contributed by atoms with Crippen LogP contribution in [0, 0.1) is 12.7 Å². The van der Waals surface area contributed by atoms with E-state index < -0.39 is 0 Å². The number of halogens is 1. The van der Waals surface area contributed by atoms with Crippen LogP contribution in [0.4, 0.5) is 4.39 Å². The fraction of sp³-hybridized carbons (Fsp3) is 0.438. The van der Waals surface area contributed by atoms with Crippen LogP contribution in [0.1, 0.15) is 32.2 Å². The molecule has 2 rings (SSSR count). The van der Waals surface area contributed by atoms with E-state index in [0.29, 0.717) is 5.56 Å². The first kappa shape index (κ1) is 14.7. The molecule has 0 amide bonds. The standard InChI is InChI=1S/C16H22FN3/c1-11-5-6-12(9-13(11)17)14-10-18-15(20-14)7-8-19-16(2,3)4/h5-6,9-10,19H,7-8H2,1-4H3,(H,18,20). The lowest BCUT2D eigenvalue weighted by Crippen LogP contribution is -2.37. The highest BCUT2D eigenvalue weighted by Crippen LogP contribution is 2.20. The van der Waals surface area contributed by atoms with Gasteiger partial charge in [-0.3, -0.25) is 0 Å². The minimum Gasteiger partial charge on any atom is -0.342 e. The largest absolute Gasteiger partial charge is 0.342 e. The second-order valence-corrected chi connectivity index (χ2v) is 6.13. The summed E-state index contributed by atoms with van der Waals surface area (Å²) in [4.78, 5) is 7.59. The third-order valence-electron chi connectivity index (χ3n) is 3.13. The molecule has 0 saturated carbocycles. The zero-order valence-electron chi connectivity index (χ0n) is 12.5. The van der Waals surface area contributed by atoms with Crippen LogP contribution >= 0.6 is 0 Å². The summed E-state index contributed by atoms with van der Waals surface area (Å²) in [5, 5.41) is 3.42. The fourth-order valence-electron chi connectivity index (χ4n) is 1.95. The number of aromatic nitrogens is 2. The van der Waals surface area contributed by atoms with Gasteiger partial charge in [0, 0.05) is 24.1 Å². The van der Waals surface area contributed by atoms with Crippen molar-refractivity contribution in [2.45, 2.75) is 39.7 Å². The van der Waals surface area contributed by atoms with E-state index in [-0.39, 0.29) is 11.4 Å². The van der Waals surface area contributed by atoms with E-state index in [1.54, 1.807) is 25.3 Å². The van der Waals surface area contributed by atoms with Crippen molar-refractivity contribution in [1.82, 2.24) is 15.3 Å². The maximum absolute atomic E-state index is 13.6. The first-order valence-electron chi connectivity index (χ1n) is 6.90. The monoisotopic (exact) mass is 275 g/mol. The van der Waals surface area contributed by atoms with Crippen molar-refractivity contribution in [3.05, 3.63) is 41.6 Å². The van der Waals surface area contributed by atoms with Gasteiger partial charge in [0.2, 0.25) is 0 Å². The Morgan fingerprint density at radius 3 is 2.70 bits per heavy atom. The minimum atomic E-state index is -0.187. The molecular formula is C16H22FN3. The summed E-state index contributed by atoms with van der Waals surface area (Å²) in [6.07, 6.45) is 2.59. The minimum absolute atomic E-state index is 0.107. The molecule has 0 fully saturated rings. The number of aryl methyl sites for hydroxylation is 1. The molecule has 0 unspecified atom stereocenters. The van der Waals surface area contributed by atoms with Crippen LogP contribution in [0.3, 0.4) is 0 Å². The molecule has 0 bridgehead atoms. The van der Waals surface area contributed by atoms with Crippen LogP contribution < -0.4 is 5.32 Å². The molecular weight excluding hydrogens is 253 g/mol. The molecule has 3 nitrogen and oxygen atoms in total. The fourth-order valence-corrected chi connectivity index (χ4v) is 1.95. The number of hydrogen-bond donors (Lipinski definition) is 2. The van der Waals surface area contributed by atoms with Crippen LogP contribution in [0.5, 0.6) is 0 Å². The van der Waals surface area contributed by atoms with Gasteiger partial charge in [-0.05, 0) is 39.3 Å². The van der Waals surface area contributed by atoms with Gasteiger partial charge in [-0.25, -0.2) is 9.37 Å². The Hall–Kier alpha value is -1.68. The number of nitrogens with one attached hydrogen (secondary N) is 2. The molecule has 108 valence electrons. The summed E-state index contributed by atoms with van der Waals surface area (Å²) in [5.74, 6) is 0.728. The summed E-state index contributed by atoms with van der Waals surface area (Å²) >= 11 is 0. The third kappa shape index (κ3) is 3.90. The SMILES string of the molecule is Cc1ccc(-c2cnc(CCNC(C)(C)C)[nH]2)cc1F. The summed E-state index contributed by atoms with van der Waals surface area (Å²) in [7, 11) is 0. The topological polar surface area (TPSA) is 40.7 Å². The van der Waals surface area contributed by atoms with Crippen LogP contribution in [0.25, 0.3) is 11.3 Å². The summed E-state index contributed by atoms with van der Waals surface area (Å²) in [6.45, 7) is 9.02. The second kappa shape index (κ2) is 5.75. The average Bonchev–Trinajstić information content (AvgIpc) is 2.80. The van der Waals surface area contributed by atoms with Gasteiger partial charge in [-0.2, -0.15) is 0 Å². The first-order chi connectivity index (χ1) is 9.35. The van der Waals surface area contributed by atoms with Crippen molar-refractivity contribution in [3.8, 4) is 11.3 Å². The number of H-pyrrole nitrogens is 1. The maximum Gasteiger partial charge on any atom is 0.126 e. The number of nitrogens with zero attached hydrogens (tertiary/aromatic N) is 1. The van der Waals surface area contributed by atoms with Crippen LogP contribution in [0.2, 0.25) is 0 Å². The molecule has 4 heteroatoms. The molecule has 0 radical (unpaired) electrons. The van der Waals surface area contributed by atoms with E-state index in [4.69, 9.17) is 0 Å². The molecule has 0 atom stereocenters. The number of rotatable bonds is 4. The summed E-state index contributed by atoms with van der Waals surface area (Å²) < 4.78 is 13.6. The highest BCUT2D eigenvalue weighted by molar-refractivity contribution is 5.59. The van der Waals surface area contributed by atoms with E-state index in [0.717, 1.165) is 30.0 Å². The Morgan fingerprint density at radius 2 is 2.05 bits per heavy atom. The molecule has 0 aliphatic heterocycles. The van der Waals surface area contributed by atoms with Crippen LogP contribution in [-0.4, -0.2) is 22.1 Å². The van der Waals surface area contributed by atoms with Gasteiger partial charge in [0.25, 0.3) is 0 Å². The molecule has 1 heterocycles. The van der Waals surface area contributed by atoms with E-state index >= 15 is 0 Å². The lowest BCUT2D eigenvalue weighted by Gasteiger charge is -2.19. The molecule has 2 N–H and O–H groups in total. The van der Waals surface area contributed by atoms with Crippen molar-refractivity contribution in [1.29, 1.82) is 0 Å². The lowest BCUT2D eigenvalue weighted by atomic mass is 10.1. The van der Waals surface area contributed by atoms with Crippen molar-refractivity contribution in [3.63, 3.8) is 0 Å². The van der Waals surface area contributed by atoms with Crippen molar-refractivity contribution < 1.29 is 4.39 Å². The second-order valence-electron chi connectivity index (χ2n) is 6.13. The Bertz CT molecular complexity index is 582. The third-order valence-corrected chi connectivity index (χ3v) is 3.13. The van der Waals surface area contributed by atoms with Gasteiger partial charge in [-0.1, -0.05) is 12.1 Å². The maximum atomic E-state index is 13.6. The van der Waals surface area contributed by atoms with Crippen molar-refractivity contribution in [2.24, 2.45) is 0 Å². The predicted molar refractivity (Wildman–Crippen MR) is 80.2 cm³/mol. The Morgan fingerprint density at radius 1 is 1.30 bits per heavy atom. The van der Waals surface area contributed by atoms with Crippen LogP contribution in [0.15, 0.2) is 24.4 Å². The van der Waals surface area contributed by atoms with Gasteiger partial charge < -0.3 is 10.3 Å². The summed E-state index contributed by atoms with van der Waals surface area (Å²) in [6, 6.07) is 5.23. The first-order valence-corrected chi connectivity index (χ1v) is 6.90. The number of aromatic amines is 1. The van der Waals surface area contributed by atoms with E-state index in [1.807, 2.05) is 6.07 Å². The van der Waals surface area contributed by atoms with Gasteiger partial charge in [-0.15, -0.1) is 0 Å². The molecule has 0 spiro atoms. The zero-order valence-corrected chi connectivity index (χ0v) is 12.5. The molecule has 2 aromatic rings. The average molecular weight is 275 g/mol. The smallest absolute Gasteiger partial charge is 0.126 e.